The van der Waals surface area contributed by atoms with Gasteiger partial charge in [0.15, 0.2) is 6.79 Å². The molecule has 4 nitrogen and oxygen atoms in total. The monoisotopic (exact) mass is 168 g/mol. The molecule has 0 aliphatic rings. The molecule has 0 saturated heterocycles. The quantitative estimate of drug-likeness (QED) is 0.466. The highest BCUT2D eigenvalue weighted by Crippen LogP contribution is 1.97. The van der Waals surface area contributed by atoms with Gasteiger partial charge < -0.3 is 5.11 Å². The minimum atomic E-state index is -3.44. The summed E-state index contributed by atoms with van der Waals surface area (Å²) in [6.07, 6.45) is 1.37. The van der Waals surface area contributed by atoms with Crippen molar-refractivity contribution in [3.8, 4) is 0 Å². The summed E-state index contributed by atoms with van der Waals surface area (Å²) in [6, 6.07) is 0. The Bertz CT molecular complexity index is 160. The van der Waals surface area contributed by atoms with Gasteiger partial charge in [-0.25, -0.2) is 4.18 Å². The molecule has 0 fully saturated rings. The predicted octanol–water partition coefficient (Wildman–Crippen LogP) is 0.0827. The molecule has 1 N–H and O–H groups in total. The fourth-order valence-electron chi connectivity index (χ4n) is 0.460. The molecule has 0 unspecified atom stereocenters. The number of unbranched alkanes of at least 4 members (excludes halogenated alkanes) is 1. The van der Waals surface area contributed by atoms with Crippen LogP contribution in [0, 0.1) is 0 Å². The van der Waals surface area contributed by atoms with Crippen molar-refractivity contribution in [1.82, 2.24) is 0 Å². The van der Waals surface area contributed by atoms with Crippen LogP contribution < -0.4 is 0 Å². The van der Waals surface area contributed by atoms with Gasteiger partial charge in [0, 0.05) is 0 Å². The van der Waals surface area contributed by atoms with Gasteiger partial charge >= 0.3 is 0 Å². The van der Waals surface area contributed by atoms with Crippen LogP contribution in [0.15, 0.2) is 0 Å². The van der Waals surface area contributed by atoms with Gasteiger partial charge in [-0.05, 0) is 6.42 Å². The van der Waals surface area contributed by atoms with Gasteiger partial charge in [0.25, 0.3) is 10.1 Å². The minimum absolute atomic E-state index is 0.00986. The summed E-state index contributed by atoms with van der Waals surface area (Å²) in [5.41, 5.74) is 0. The van der Waals surface area contributed by atoms with Crippen LogP contribution in [0.25, 0.3) is 0 Å². The Morgan fingerprint density at radius 3 is 2.50 bits per heavy atom. The van der Waals surface area contributed by atoms with Crippen molar-refractivity contribution in [1.29, 1.82) is 0 Å². The number of aliphatic hydroxyl groups is 1. The number of rotatable bonds is 5. The van der Waals surface area contributed by atoms with E-state index in [9.17, 15) is 8.42 Å². The molecule has 0 radical (unpaired) electrons. The first-order valence-corrected chi connectivity index (χ1v) is 4.68. The normalized spacial score (nSPS) is 11.8. The zero-order valence-corrected chi connectivity index (χ0v) is 6.73. The van der Waals surface area contributed by atoms with E-state index < -0.39 is 16.9 Å². The zero-order valence-electron chi connectivity index (χ0n) is 5.91. The minimum Gasteiger partial charge on any atom is -0.369 e. The summed E-state index contributed by atoms with van der Waals surface area (Å²) in [4.78, 5) is 0. The third-order valence-electron chi connectivity index (χ3n) is 0.980. The third-order valence-corrected chi connectivity index (χ3v) is 2.23. The van der Waals surface area contributed by atoms with E-state index in [2.05, 4.69) is 4.18 Å². The van der Waals surface area contributed by atoms with Crippen molar-refractivity contribution in [3.63, 3.8) is 0 Å². The molecule has 0 aromatic carbocycles. The molecule has 0 amide bonds. The lowest BCUT2D eigenvalue weighted by Crippen LogP contribution is -2.10. The standard InChI is InChI=1S/C5H12O4S/c1-2-3-4-10(7,8)9-5-6/h6H,2-5H2,1H3. The molecule has 62 valence electrons. The lowest BCUT2D eigenvalue weighted by Gasteiger charge is -1.99. The van der Waals surface area contributed by atoms with Gasteiger partial charge in [0.2, 0.25) is 0 Å². The maximum absolute atomic E-state index is 10.6. The van der Waals surface area contributed by atoms with E-state index >= 15 is 0 Å². The molecule has 0 rings (SSSR count). The Labute approximate surface area is 60.9 Å². The van der Waals surface area contributed by atoms with Crippen molar-refractivity contribution < 1.29 is 17.7 Å². The van der Waals surface area contributed by atoms with Crippen LogP contribution in [0.4, 0.5) is 0 Å². The highest BCUT2D eigenvalue weighted by molar-refractivity contribution is 7.86. The first-order valence-electron chi connectivity index (χ1n) is 3.10. The van der Waals surface area contributed by atoms with Crippen LogP contribution in [-0.2, 0) is 14.3 Å². The maximum atomic E-state index is 10.6. The van der Waals surface area contributed by atoms with E-state index in [4.69, 9.17) is 5.11 Å². The highest BCUT2D eigenvalue weighted by Gasteiger charge is 2.07. The lowest BCUT2D eigenvalue weighted by atomic mass is 10.4. The average molecular weight is 168 g/mol. The number of hydrogen-bond donors (Lipinski definition) is 1. The first kappa shape index (κ1) is 9.87. The third kappa shape index (κ3) is 4.72. The van der Waals surface area contributed by atoms with Crippen LogP contribution in [0.3, 0.4) is 0 Å². The molecule has 0 heterocycles. The molecule has 5 heteroatoms. The lowest BCUT2D eigenvalue weighted by molar-refractivity contribution is 0.105. The van der Waals surface area contributed by atoms with Crippen molar-refractivity contribution in [2.75, 3.05) is 12.5 Å². The molecule has 10 heavy (non-hydrogen) atoms. The van der Waals surface area contributed by atoms with E-state index in [0.29, 0.717) is 6.42 Å². The second-order valence-corrected chi connectivity index (χ2v) is 3.62. The fourth-order valence-corrected chi connectivity index (χ4v) is 1.38. The summed E-state index contributed by atoms with van der Waals surface area (Å²) >= 11 is 0. The molecule has 0 aliphatic heterocycles. The van der Waals surface area contributed by atoms with E-state index in [-0.39, 0.29) is 5.75 Å². The SMILES string of the molecule is CCCCS(=O)(=O)OCO. The van der Waals surface area contributed by atoms with Gasteiger partial charge in [-0.2, -0.15) is 8.42 Å². The van der Waals surface area contributed by atoms with Gasteiger partial charge in [0.1, 0.15) is 0 Å². The molecular formula is C5H12O4S. The van der Waals surface area contributed by atoms with E-state index in [1.165, 1.54) is 0 Å². The Morgan fingerprint density at radius 2 is 2.10 bits per heavy atom. The van der Waals surface area contributed by atoms with E-state index in [0.717, 1.165) is 6.42 Å². The Balaban J connectivity index is 3.65. The highest BCUT2D eigenvalue weighted by atomic mass is 32.2. The van der Waals surface area contributed by atoms with E-state index in [1.54, 1.807) is 0 Å². The number of aliphatic hydroxyl groups excluding tert-OH is 1. The largest absolute Gasteiger partial charge is 0.369 e. The van der Waals surface area contributed by atoms with Crippen LogP contribution >= 0.6 is 0 Å². The molecule has 0 aromatic heterocycles. The summed E-state index contributed by atoms with van der Waals surface area (Å²) < 4.78 is 25.3. The van der Waals surface area contributed by atoms with Gasteiger partial charge in [0.05, 0.1) is 5.75 Å². The second kappa shape index (κ2) is 4.65. The smallest absolute Gasteiger partial charge is 0.269 e. The number of hydrogen-bond acceptors (Lipinski definition) is 4. The second-order valence-electron chi connectivity index (χ2n) is 1.86. The molecule has 0 aliphatic carbocycles. The Morgan fingerprint density at radius 1 is 1.50 bits per heavy atom. The van der Waals surface area contributed by atoms with Crippen molar-refractivity contribution in [2.45, 2.75) is 19.8 Å². The molecule has 0 aromatic rings. The summed E-state index contributed by atoms with van der Waals surface area (Å²) in [5.74, 6) is -0.00986. The molecule has 0 atom stereocenters. The average Bonchev–Trinajstić information content (AvgIpc) is 1.84. The van der Waals surface area contributed by atoms with Crippen molar-refractivity contribution in [2.24, 2.45) is 0 Å². The first-order chi connectivity index (χ1) is 4.62. The van der Waals surface area contributed by atoms with E-state index in [1.807, 2.05) is 6.92 Å². The Kier molecular flexibility index (Phi) is 4.59. The molecule has 0 spiro atoms. The van der Waals surface area contributed by atoms with Gasteiger partial charge in [-0.15, -0.1) is 0 Å². The van der Waals surface area contributed by atoms with Crippen molar-refractivity contribution >= 4 is 10.1 Å². The molecular weight excluding hydrogens is 156 g/mol. The van der Waals surface area contributed by atoms with Crippen LogP contribution in [0.1, 0.15) is 19.8 Å². The van der Waals surface area contributed by atoms with Crippen LogP contribution in [0.5, 0.6) is 0 Å². The van der Waals surface area contributed by atoms with Crippen LogP contribution in [-0.4, -0.2) is 26.1 Å². The Hall–Kier alpha value is -0.130. The summed E-state index contributed by atoms with van der Waals surface area (Å²) in [7, 11) is -3.44. The molecule has 0 bridgehead atoms. The van der Waals surface area contributed by atoms with Crippen molar-refractivity contribution in [3.05, 3.63) is 0 Å². The zero-order chi connectivity index (χ0) is 8.04. The van der Waals surface area contributed by atoms with Gasteiger partial charge in [-0.3, -0.25) is 0 Å². The predicted molar refractivity (Wildman–Crippen MR) is 36.9 cm³/mol. The topological polar surface area (TPSA) is 63.6 Å². The summed E-state index contributed by atoms with van der Waals surface area (Å²) in [5, 5.41) is 8.10. The van der Waals surface area contributed by atoms with Crippen LogP contribution in [0.2, 0.25) is 0 Å². The molecule has 0 saturated carbocycles. The van der Waals surface area contributed by atoms with Gasteiger partial charge in [-0.1, -0.05) is 13.3 Å². The summed E-state index contributed by atoms with van der Waals surface area (Å²) in [6.45, 7) is 1.13. The fraction of sp³-hybridized carbons (Fsp3) is 1.00. The maximum Gasteiger partial charge on any atom is 0.269 e.